The van der Waals surface area contributed by atoms with Crippen molar-refractivity contribution in [1.82, 2.24) is 5.32 Å². The zero-order valence-corrected chi connectivity index (χ0v) is 10.0. The van der Waals surface area contributed by atoms with Gasteiger partial charge in [0.05, 0.1) is 12.2 Å². The van der Waals surface area contributed by atoms with Crippen LogP contribution in [0.1, 0.15) is 39.5 Å². The minimum Gasteiger partial charge on any atom is -0.391 e. The highest BCUT2D eigenvalue weighted by atomic mass is 16.3. The highest BCUT2D eigenvalue weighted by Gasteiger charge is 2.21. The van der Waals surface area contributed by atoms with Gasteiger partial charge in [-0.1, -0.05) is 19.8 Å². The molecule has 0 saturated carbocycles. The van der Waals surface area contributed by atoms with Crippen molar-refractivity contribution in [2.24, 2.45) is 0 Å². The summed E-state index contributed by atoms with van der Waals surface area (Å²) in [6.45, 7) is 4.01. The number of aliphatic hydroxyl groups excluding tert-OH is 3. The van der Waals surface area contributed by atoms with Gasteiger partial charge in [0.1, 0.15) is 6.10 Å². The second-order valence-corrected chi connectivity index (χ2v) is 4.06. The SMILES string of the molecule is CCCCCNC(=O)C(O)CC(O)C(C)O. The molecule has 16 heavy (non-hydrogen) atoms. The number of carbonyl (C=O) groups excluding carboxylic acids is 1. The van der Waals surface area contributed by atoms with Crippen LogP contribution in [-0.2, 0) is 4.79 Å². The molecule has 0 aliphatic rings. The van der Waals surface area contributed by atoms with E-state index in [-0.39, 0.29) is 6.42 Å². The predicted octanol–water partition coefficient (Wildman–Crippen LogP) is -0.215. The summed E-state index contributed by atoms with van der Waals surface area (Å²) in [6.07, 6.45) is -0.429. The molecule has 0 aromatic rings. The maximum atomic E-state index is 11.3. The van der Waals surface area contributed by atoms with Gasteiger partial charge in [-0.2, -0.15) is 0 Å². The Labute approximate surface area is 96.5 Å². The zero-order chi connectivity index (χ0) is 12.6. The van der Waals surface area contributed by atoms with Crippen LogP contribution in [0.2, 0.25) is 0 Å². The Morgan fingerprint density at radius 1 is 1.25 bits per heavy atom. The minimum atomic E-state index is -1.26. The molecular formula is C11H23NO4. The predicted molar refractivity (Wildman–Crippen MR) is 60.8 cm³/mol. The standard InChI is InChI=1S/C11H23NO4/c1-3-4-5-6-12-11(16)10(15)7-9(14)8(2)13/h8-10,13-15H,3-7H2,1-2H3,(H,12,16). The Kier molecular flexibility index (Phi) is 8.15. The molecule has 0 radical (unpaired) electrons. The number of rotatable bonds is 8. The van der Waals surface area contributed by atoms with E-state index in [0.29, 0.717) is 6.54 Å². The van der Waals surface area contributed by atoms with Crippen molar-refractivity contribution in [2.75, 3.05) is 6.54 Å². The molecule has 0 rings (SSSR count). The molecule has 3 atom stereocenters. The van der Waals surface area contributed by atoms with Gasteiger partial charge in [0.25, 0.3) is 0 Å². The average Bonchev–Trinajstić information content (AvgIpc) is 2.23. The van der Waals surface area contributed by atoms with Crippen LogP contribution < -0.4 is 5.32 Å². The second-order valence-electron chi connectivity index (χ2n) is 4.06. The van der Waals surface area contributed by atoms with Crippen molar-refractivity contribution in [1.29, 1.82) is 0 Å². The fourth-order valence-electron chi connectivity index (χ4n) is 1.24. The summed E-state index contributed by atoms with van der Waals surface area (Å²) >= 11 is 0. The molecule has 96 valence electrons. The summed E-state index contributed by atoms with van der Waals surface area (Å²) in [5.74, 6) is -0.490. The molecule has 0 aliphatic heterocycles. The Balaban J connectivity index is 3.73. The number of carbonyl (C=O) groups is 1. The zero-order valence-electron chi connectivity index (χ0n) is 10.0. The molecule has 4 N–H and O–H groups in total. The quantitative estimate of drug-likeness (QED) is 0.437. The highest BCUT2D eigenvalue weighted by molar-refractivity contribution is 5.80. The van der Waals surface area contributed by atoms with Crippen molar-refractivity contribution in [3.8, 4) is 0 Å². The molecule has 0 bridgehead atoms. The van der Waals surface area contributed by atoms with Crippen molar-refractivity contribution in [2.45, 2.75) is 57.8 Å². The van der Waals surface area contributed by atoms with Gasteiger partial charge >= 0.3 is 0 Å². The van der Waals surface area contributed by atoms with E-state index in [4.69, 9.17) is 5.11 Å². The van der Waals surface area contributed by atoms with E-state index in [2.05, 4.69) is 12.2 Å². The molecule has 0 aromatic carbocycles. The maximum Gasteiger partial charge on any atom is 0.248 e. The summed E-state index contributed by atoms with van der Waals surface area (Å²) in [5, 5.41) is 30.3. The first kappa shape index (κ1) is 15.3. The average molecular weight is 233 g/mol. The molecule has 0 saturated heterocycles. The summed E-state index contributed by atoms with van der Waals surface area (Å²) in [7, 11) is 0. The van der Waals surface area contributed by atoms with Gasteiger partial charge in [-0.05, 0) is 13.3 Å². The normalized spacial score (nSPS) is 16.6. The Morgan fingerprint density at radius 2 is 1.88 bits per heavy atom. The number of amides is 1. The molecule has 0 heterocycles. The summed E-state index contributed by atoms with van der Waals surface area (Å²) in [4.78, 5) is 11.3. The molecular weight excluding hydrogens is 210 g/mol. The van der Waals surface area contributed by atoms with Crippen molar-refractivity contribution >= 4 is 5.91 Å². The van der Waals surface area contributed by atoms with Gasteiger partial charge < -0.3 is 20.6 Å². The summed E-state index contributed by atoms with van der Waals surface area (Å²) < 4.78 is 0. The van der Waals surface area contributed by atoms with E-state index < -0.39 is 24.2 Å². The number of nitrogens with one attached hydrogen (secondary N) is 1. The number of hydrogen-bond acceptors (Lipinski definition) is 4. The lowest BCUT2D eigenvalue weighted by Gasteiger charge is -2.17. The third-order valence-corrected chi connectivity index (χ3v) is 2.40. The first-order chi connectivity index (χ1) is 7.49. The Hall–Kier alpha value is -0.650. The van der Waals surface area contributed by atoms with E-state index in [9.17, 15) is 15.0 Å². The van der Waals surface area contributed by atoms with Crippen LogP contribution >= 0.6 is 0 Å². The van der Waals surface area contributed by atoms with Crippen LogP contribution in [0.25, 0.3) is 0 Å². The van der Waals surface area contributed by atoms with E-state index >= 15 is 0 Å². The Morgan fingerprint density at radius 3 is 2.38 bits per heavy atom. The number of aliphatic hydroxyl groups is 3. The smallest absolute Gasteiger partial charge is 0.248 e. The van der Waals surface area contributed by atoms with Crippen molar-refractivity contribution in [3.05, 3.63) is 0 Å². The van der Waals surface area contributed by atoms with Crippen molar-refractivity contribution in [3.63, 3.8) is 0 Å². The molecule has 0 spiro atoms. The molecule has 3 unspecified atom stereocenters. The van der Waals surface area contributed by atoms with Gasteiger partial charge in [-0.25, -0.2) is 0 Å². The molecule has 0 fully saturated rings. The molecule has 1 amide bonds. The molecule has 5 heteroatoms. The third-order valence-electron chi connectivity index (χ3n) is 2.40. The Bertz CT molecular complexity index is 196. The molecule has 0 aromatic heterocycles. The van der Waals surface area contributed by atoms with Gasteiger partial charge in [-0.15, -0.1) is 0 Å². The van der Waals surface area contributed by atoms with Gasteiger partial charge in [0, 0.05) is 13.0 Å². The topological polar surface area (TPSA) is 89.8 Å². The first-order valence-corrected chi connectivity index (χ1v) is 5.81. The van der Waals surface area contributed by atoms with Gasteiger partial charge in [0.15, 0.2) is 0 Å². The van der Waals surface area contributed by atoms with E-state index in [0.717, 1.165) is 19.3 Å². The lowest BCUT2D eigenvalue weighted by atomic mass is 10.1. The van der Waals surface area contributed by atoms with Gasteiger partial charge in [0.2, 0.25) is 5.91 Å². The maximum absolute atomic E-state index is 11.3. The van der Waals surface area contributed by atoms with Crippen LogP contribution in [0.4, 0.5) is 0 Å². The first-order valence-electron chi connectivity index (χ1n) is 5.81. The van der Waals surface area contributed by atoms with Crippen LogP contribution in [0.3, 0.4) is 0 Å². The van der Waals surface area contributed by atoms with Crippen LogP contribution in [0.5, 0.6) is 0 Å². The lowest BCUT2D eigenvalue weighted by Crippen LogP contribution is -2.39. The van der Waals surface area contributed by atoms with Crippen LogP contribution in [0.15, 0.2) is 0 Å². The van der Waals surface area contributed by atoms with Crippen LogP contribution in [-0.4, -0.2) is 46.1 Å². The number of unbranched alkanes of at least 4 members (excludes halogenated alkanes) is 2. The molecule has 0 aliphatic carbocycles. The molecule has 5 nitrogen and oxygen atoms in total. The minimum absolute atomic E-state index is 0.142. The second kappa shape index (κ2) is 8.50. The monoisotopic (exact) mass is 233 g/mol. The van der Waals surface area contributed by atoms with Crippen molar-refractivity contribution < 1.29 is 20.1 Å². The van der Waals surface area contributed by atoms with Crippen LogP contribution in [0, 0.1) is 0 Å². The van der Waals surface area contributed by atoms with E-state index in [1.807, 2.05) is 0 Å². The lowest BCUT2D eigenvalue weighted by molar-refractivity contribution is -0.131. The number of hydrogen-bond donors (Lipinski definition) is 4. The third kappa shape index (κ3) is 6.76. The van der Waals surface area contributed by atoms with E-state index in [1.165, 1.54) is 6.92 Å². The highest BCUT2D eigenvalue weighted by Crippen LogP contribution is 2.03. The van der Waals surface area contributed by atoms with E-state index in [1.54, 1.807) is 0 Å². The fraction of sp³-hybridized carbons (Fsp3) is 0.909. The summed E-state index contributed by atoms with van der Waals surface area (Å²) in [5.41, 5.74) is 0. The van der Waals surface area contributed by atoms with Gasteiger partial charge in [-0.3, -0.25) is 4.79 Å². The summed E-state index contributed by atoms with van der Waals surface area (Å²) in [6, 6.07) is 0. The largest absolute Gasteiger partial charge is 0.391 e. The fourth-order valence-corrected chi connectivity index (χ4v) is 1.24.